The van der Waals surface area contributed by atoms with Crippen LogP contribution in [0.1, 0.15) is 9.67 Å². The normalized spacial score (nSPS) is 10.6. The SMILES string of the molecule is COC(=O)c1cc2[nH]cc(I)c2s1. The number of H-pyrrole nitrogens is 1. The number of aromatic nitrogens is 1. The molecule has 0 saturated heterocycles. The standard InChI is InChI=1S/C8H6INO2S/c1-12-8(11)6-2-5-7(13-6)4(9)3-10-5/h2-3,10H,1H3. The maximum absolute atomic E-state index is 11.2. The van der Waals surface area contributed by atoms with Gasteiger partial charge in [-0.15, -0.1) is 11.3 Å². The number of aromatic amines is 1. The van der Waals surface area contributed by atoms with Gasteiger partial charge in [0, 0.05) is 9.77 Å². The van der Waals surface area contributed by atoms with Crippen LogP contribution in [-0.4, -0.2) is 18.1 Å². The van der Waals surface area contributed by atoms with Gasteiger partial charge in [-0.1, -0.05) is 0 Å². The molecule has 0 unspecified atom stereocenters. The third-order valence-corrected chi connectivity index (χ3v) is 4.06. The van der Waals surface area contributed by atoms with Crippen LogP contribution in [-0.2, 0) is 4.74 Å². The van der Waals surface area contributed by atoms with E-state index in [0.717, 1.165) is 13.8 Å². The van der Waals surface area contributed by atoms with E-state index >= 15 is 0 Å². The lowest BCUT2D eigenvalue weighted by Crippen LogP contribution is -1.96. The third-order valence-electron chi connectivity index (χ3n) is 1.69. The Morgan fingerprint density at radius 1 is 1.69 bits per heavy atom. The largest absolute Gasteiger partial charge is 0.465 e. The number of esters is 1. The molecule has 0 radical (unpaired) electrons. The van der Waals surface area contributed by atoms with E-state index in [1.165, 1.54) is 18.4 Å². The average Bonchev–Trinajstić information content (AvgIpc) is 2.67. The van der Waals surface area contributed by atoms with Gasteiger partial charge in [-0.25, -0.2) is 4.79 Å². The van der Waals surface area contributed by atoms with Gasteiger partial charge in [-0.2, -0.15) is 0 Å². The summed E-state index contributed by atoms with van der Waals surface area (Å²) >= 11 is 3.68. The number of ether oxygens (including phenoxy) is 1. The lowest BCUT2D eigenvalue weighted by atomic mass is 10.4. The van der Waals surface area contributed by atoms with Gasteiger partial charge in [-0.05, 0) is 28.7 Å². The Hall–Kier alpha value is -0.560. The highest BCUT2D eigenvalue weighted by Gasteiger charge is 2.12. The number of halogens is 1. The summed E-state index contributed by atoms with van der Waals surface area (Å²) in [6.45, 7) is 0. The van der Waals surface area contributed by atoms with Crippen LogP contribution in [0.5, 0.6) is 0 Å². The Kier molecular flexibility index (Phi) is 2.29. The minimum atomic E-state index is -0.273. The number of hydrogen-bond acceptors (Lipinski definition) is 3. The second-order valence-electron chi connectivity index (χ2n) is 2.48. The first-order valence-corrected chi connectivity index (χ1v) is 5.46. The summed E-state index contributed by atoms with van der Waals surface area (Å²) in [6, 6.07) is 1.81. The molecule has 0 aliphatic rings. The Morgan fingerprint density at radius 2 is 2.46 bits per heavy atom. The van der Waals surface area contributed by atoms with Gasteiger partial charge in [0.2, 0.25) is 0 Å². The molecule has 5 heteroatoms. The van der Waals surface area contributed by atoms with Crippen molar-refractivity contribution in [1.29, 1.82) is 0 Å². The van der Waals surface area contributed by atoms with Gasteiger partial charge in [0.1, 0.15) is 4.88 Å². The van der Waals surface area contributed by atoms with E-state index < -0.39 is 0 Å². The molecule has 3 nitrogen and oxygen atoms in total. The molecule has 2 rings (SSSR count). The highest BCUT2D eigenvalue weighted by Crippen LogP contribution is 2.29. The zero-order chi connectivity index (χ0) is 9.42. The van der Waals surface area contributed by atoms with Crippen LogP contribution in [0.15, 0.2) is 12.3 Å². The zero-order valence-corrected chi connectivity index (χ0v) is 9.73. The first-order chi connectivity index (χ1) is 6.22. The van der Waals surface area contributed by atoms with Crippen molar-refractivity contribution in [2.24, 2.45) is 0 Å². The van der Waals surface area contributed by atoms with E-state index in [0.29, 0.717) is 4.88 Å². The first kappa shape index (κ1) is 9.01. The summed E-state index contributed by atoms with van der Waals surface area (Å²) in [5.41, 5.74) is 0.995. The van der Waals surface area contributed by atoms with Gasteiger partial charge in [-0.3, -0.25) is 0 Å². The molecule has 0 amide bonds. The summed E-state index contributed by atoms with van der Waals surface area (Å²) in [5.74, 6) is -0.273. The summed E-state index contributed by atoms with van der Waals surface area (Å²) in [6.07, 6.45) is 1.92. The summed E-state index contributed by atoms with van der Waals surface area (Å²) in [7, 11) is 1.39. The second-order valence-corrected chi connectivity index (χ2v) is 4.70. The van der Waals surface area contributed by atoms with Crippen molar-refractivity contribution >= 4 is 50.1 Å². The monoisotopic (exact) mass is 307 g/mol. The molecule has 2 aromatic rings. The fourth-order valence-electron chi connectivity index (χ4n) is 1.08. The Morgan fingerprint density at radius 3 is 3.08 bits per heavy atom. The zero-order valence-electron chi connectivity index (χ0n) is 6.76. The number of carbonyl (C=O) groups is 1. The lowest BCUT2D eigenvalue weighted by Gasteiger charge is -1.91. The number of thiophene rings is 1. The van der Waals surface area contributed by atoms with E-state index in [1.807, 2.05) is 12.3 Å². The molecule has 0 aromatic carbocycles. The van der Waals surface area contributed by atoms with Crippen molar-refractivity contribution in [2.75, 3.05) is 7.11 Å². The highest BCUT2D eigenvalue weighted by atomic mass is 127. The number of carbonyl (C=O) groups excluding carboxylic acids is 1. The van der Waals surface area contributed by atoms with Crippen LogP contribution in [0.4, 0.5) is 0 Å². The van der Waals surface area contributed by atoms with Crippen LogP contribution in [0.3, 0.4) is 0 Å². The number of rotatable bonds is 1. The smallest absolute Gasteiger partial charge is 0.348 e. The van der Waals surface area contributed by atoms with Crippen molar-refractivity contribution < 1.29 is 9.53 Å². The Balaban J connectivity index is 2.56. The molecule has 0 fully saturated rings. The van der Waals surface area contributed by atoms with Crippen LogP contribution >= 0.6 is 33.9 Å². The number of methoxy groups -OCH3 is 1. The predicted octanol–water partition coefficient (Wildman–Crippen LogP) is 2.62. The quantitative estimate of drug-likeness (QED) is 0.650. The molecular weight excluding hydrogens is 301 g/mol. The van der Waals surface area contributed by atoms with Crippen LogP contribution in [0.25, 0.3) is 10.2 Å². The maximum Gasteiger partial charge on any atom is 0.348 e. The summed E-state index contributed by atoms with van der Waals surface area (Å²) in [4.78, 5) is 14.9. The molecule has 0 spiro atoms. The first-order valence-electron chi connectivity index (χ1n) is 3.57. The average molecular weight is 307 g/mol. The Bertz CT molecular complexity index is 460. The summed E-state index contributed by atoms with van der Waals surface area (Å²) in [5, 5.41) is 0. The highest BCUT2D eigenvalue weighted by molar-refractivity contribution is 14.1. The van der Waals surface area contributed by atoms with E-state index in [1.54, 1.807) is 0 Å². The molecule has 0 aliphatic heterocycles. The van der Waals surface area contributed by atoms with Crippen LogP contribution < -0.4 is 0 Å². The van der Waals surface area contributed by atoms with Gasteiger partial charge in [0.05, 0.1) is 17.3 Å². The minimum absolute atomic E-state index is 0.273. The molecular formula is C8H6INO2S. The molecule has 0 bridgehead atoms. The van der Waals surface area contributed by atoms with Crippen molar-refractivity contribution in [1.82, 2.24) is 4.98 Å². The molecule has 0 atom stereocenters. The molecule has 1 N–H and O–H groups in total. The molecule has 2 heterocycles. The Labute approximate surface area is 92.2 Å². The van der Waals surface area contributed by atoms with E-state index in [-0.39, 0.29) is 5.97 Å². The second kappa shape index (κ2) is 3.30. The van der Waals surface area contributed by atoms with Crippen LogP contribution in [0, 0.1) is 3.57 Å². The number of nitrogens with one attached hydrogen (secondary N) is 1. The summed E-state index contributed by atoms with van der Waals surface area (Å²) < 4.78 is 6.87. The van der Waals surface area contributed by atoms with Crippen molar-refractivity contribution in [3.63, 3.8) is 0 Å². The van der Waals surface area contributed by atoms with Crippen molar-refractivity contribution in [3.8, 4) is 0 Å². The molecule has 13 heavy (non-hydrogen) atoms. The van der Waals surface area contributed by atoms with Gasteiger partial charge < -0.3 is 9.72 Å². The maximum atomic E-state index is 11.2. The van der Waals surface area contributed by atoms with Gasteiger partial charge >= 0.3 is 5.97 Å². The van der Waals surface area contributed by atoms with E-state index in [4.69, 9.17) is 0 Å². The minimum Gasteiger partial charge on any atom is -0.465 e. The molecule has 0 aliphatic carbocycles. The number of hydrogen-bond donors (Lipinski definition) is 1. The molecule has 2 aromatic heterocycles. The van der Waals surface area contributed by atoms with Gasteiger partial charge in [0.15, 0.2) is 0 Å². The van der Waals surface area contributed by atoms with Crippen molar-refractivity contribution in [2.45, 2.75) is 0 Å². The van der Waals surface area contributed by atoms with Crippen molar-refractivity contribution in [3.05, 3.63) is 20.7 Å². The fourth-order valence-corrected chi connectivity index (χ4v) is 2.81. The fraction of sp³-hybridized carbons (Fsp3) is 0.125. The number of fused-ring (bicyclic) bond motifs is 1. The molecule has 68 valence electrons. The van der Waals surface area contributed by atoms with Crippen LogP contribution in [0.2, 0.25) is 0 Å². The lowest BCUT2D eigenvalue weighted by molar-refractivity contribution is 0.0606. The third kappa shape index (κ3) is 1.46. The van der Waals surface area contributed by atoms with Gasteiger partial charge in [0.25, 0.3) is 0 Å². The molecule has 0 saturated carbocycles. The predicted molar refractivity (Wildman–Crippen MR) is 60.2 cm³/mol. The topological polar surface area (TPSA) is 42.1 Å². The van der Waals surface area contributed by atoms with E-state index in [2.05, 4.69) is 32.3 Å². The van der Waals surface area contributed by atoms with E-state index in [9.17, 15) is 4.79 Å².